The molecule has 9 heteroatoms. The first-order valence-corrected chi connectivity index (χ1v) is 11.5. The molecule has 0 spiro atoms. The highest BCUT2D eigenvalue weighted by Crippen LogP contribution is 2.38. The van der Waals surface area contributed by atoms with Crippen LogP contribution in [0, 0.1) is 12.3 Å². The van der Waals surface area contributed by atoms with Gasteiger partial charge in [0.1, 0.15) is 10.8 Å². The van der Waals surface area contributed by atoms with Gasteiger partial charge in [-0.1, -0.05) is 29.1 Å². The van der Waals surface area contributed by atoms with Crippen molar-refractivity contribution in [1.29, 1.82) is 0 Å². The van der Waals surface area contributed by atoms with Crippen LogP contribution in [0.4, 0.5) is 11.5 Å². The lowest BCUT2D eigenvalue weighted by molar-refractivity contribution is 0.462. The molecular weight excluding hydrogens is 477 g/mol. The minimum Gasteiger partial charge on any atom is -0.454 e. The zero-order valence-corrected chi connectivity index (χ0v) is 19.9. The Morgan fingerprint density at radius 1 is 1.15 bits per heavy atom. The third kappa shape index (κ3) is 5.85. The molecule has 1 aliphatic heterocycles. The van der Waals surface area contributed by atoms with E-state index in [2.05, 4.69) is 31.4 Å². The van der Waals surface area contributed by atoms with E-state index in [1.807, 2.05) is 12.1 Å². The number of benzene rings is 1. The van der Waals surface area contributed by atoms with E-state index in [1.54, 1.807) is 42.9 Å². The van der Waals surface area contributed by atoms with Crippen molar-refractivity contribution in [3.05, 3.63) is 70.6 Å². The molecule has 0 unspecified atom stereocenters. The molecule has 3 aromatic rings. The van der Waals surface area contributed by atoms with Crippen LogP contribution in [-0.4, -0.2) is 34.2 Å². The number of nitrogens with one attached hydrogen (secondary N) is 2. The van der Waals surface area contributed by atoms with Crippen molar-refractivity contribution in [1.82, 2.24) is 15.3 Å². The van der Waals surface area contributed by atoms with Gasteiger partial charge in [-0.05, 0) is 55.4 Å². The van der Waals surface area contributed by atoms with Crippen molar-refractivity contribution < 1.29 is 4.74 Å². The highest BCUT2D eigenvalue weighted by molar-refractivity contribution is 7.80. The molecule has 168 valence electrons. The van der Waals surface area contributed by atoms with Crippen LogP contribution in [0.1, 0.15) is 18.4 Å². The number of halogens is 2. The van der Waals surface area contributed by atoms with E-state index in [9.17, 15) is 0 Å². The van der Waals surface area contributed by atoms with E-state index in [-0.39, 0.29) is 6.04 Å². The van der Waals surface area contributed by atoms with Gasteiger partial charge in [0.2, 0.25) is 0 Å². The molecule has 1 fully saturated rings. The molecule has 2 N–H and O–H groups in total. The highest BCUT2D eigenvalue weighted by atomic mass is 35.5. The van der Waals surface area contributed by atoms with E-state index < -0.39 is 0 Å². The second kappa shape index (κ2) is 10.7. The Kier molecular flexibility index (Phi) is 7.50. The number of piperidine rings is 1. The number of rotatable bonds is 5. The maximum atomic E-state index is 6.66. The normalized spacial score (nSPS) is 13.8. The molecule has 0 bridgehead atoms. The number of aromatic nitrogens is 2. The standard InChI is InChI=1S/C24H21Cl2N5OS/c1-2-16-5-6-20(19(25)14-16)32-21-7-11-28-23(22(21)26)31-12-8-17(9-13-31)29-24(33)30-18-4-3-10-27-15-18/h1,3-7,10-11,14-15,17H,8-9,12-13H2,(H2,29,30,33). The first kappa shape index (κ1) is 23.1. The van der Waals surface area contributed by atoms with E-state index in [0.29, 0.717) is 38.0 Å². The third-order valence-corrected chi connectivity index (χ3v) is 6.07. The molecule has 4 rings (SSSR count). The van der Waals surface area contributed by atoms with Gasteiger partial charge in [0.25, 0.3) is 0 Å². The SMILES string of the molecule is C#Cc1ccc(Oc2ccnc(N3CCC(NC(=S)Nc4cccnc4)CC3)c2Cl)c(Cl)c1. The summed E-state index contributed by atoms with van der Waals surface area (Å²) in [6.07, 6.45) is 12.3. The average molecular weight is 498 g/mol. The minimum absolute atomic E-state index is 0.254. The summed E-state index contributed by atoms with van der Waals surface area (Å²) >= 11 is 18.4. The summed E-state index contributed by atoms with van der Waals surface area (Å²) in [5.74, 6) is 4.19. The molecular formula is C24H21Cl2N5OS. The zero-order valence-electron chi connectivity index (χ0n) is 17.6. The lowest BCUT2D eigenvalue weighted by Crippen LogP contribution is -2.46. The molecule has 0 radical (unpaired) electrons. The Morgan fingerprint density at radius 3 is 2.67 bits per heavy atom. The monoisotopic (exact) mass is 497 g/mol. The fraction of sp³-hybridized carbons (Fsp3) is 0.208. The van der Waals surface area contributed by atoms with Crippen LogP contribution < -0.4 is 20.3 Å². The molecule has 2 aromatic heterocycles. The zero-order chi connectivity index (χ0) is 23.2. The van der Waals surface area contributed by atoms with Gasteiger partial charge in [-0.2, -0.15) is 0 Å². The predicted octanol–water partition coefficient (Wildman–Crippen LogP) is 5.51. The van der Waals surface area contributed by atoms with E-state index in [0.717, 1.165) is 31.6 Å². The number of thiocarbonyl (C=S) groups is 1. The van der Waals surface area contributed by atoms with Crippen LogP contribution in [0.5, 0.6) is 11.5 Å². The maximum Gasteiger partial charge on any atom is 0.171 e. The number of hydrogen-bond acceptors (Lipinski definition) is 5. The molecule has 0 saturated carbocycles. The van der Waals surface area contributed by atoms with Crippen molar-refractivity contribution >= 4 is 52.0 Å². The van der Waals surface area contributed by atoms with Crippen molar-refractivity contribution in [3.8, 4) is 23.8 Å². The predicted molar refractivity (Wildman–Crippen MR) is 138 cm³/mol. The molecule has 3 heterocycles. The van der Waals surface area contributed by atoms with Crippen LogP contribution in [0.2, 0.25) is 10.0 Å². The lowest BCUT2D eigenvalue weighted by Gasteiger charge is -2.34. The van der Waals surface area contributed by atoms with Crippen molar-refractivity contribution in [2.24, 2.45) is 0 Å². The Morgan fingerprint density at radius 2 is 1.97 bits per heavy atom. The number of ether oxygens (including phenoxy) is 1. The van der Waals surface area contributed by atoms with Gasteiger partial charge in [0, 0.05) is 43.2 Å². The second-order valence-electron chi connectivity index (χ2n) is 7.44. The summed E-state index contributed by atoms with van der Waals surface area (Å²) in [5, 5.41) is 7.97. The van der Waals surface area contributed by atoms with Crippen LogP contribution >= 0.6 is 35.4 Å². The number of terminal acetylenes is 1. The largest absolute Gasteiger partial charge is 0.454 e. The van der Waals surface area contributed by atoms with E-state index >= 15 is 0 Å². The lowest BCUT2D eigenvalue weighted by atomic mass is 10.1. The molecule has 1 aliphatic rings. The van der Waals surface area contributed by atoms with Crippen LogP contribution in [-0.2, 0) is 0 Å². The molecule has 0 amide bonds. The van der Waals surface area contributed by atoms with Gasteiger partial charge in [-0.25, -0.2) is 4.98 Å². The van der Waals surface area contributed by atoms with Crippen LogP contribution in [0.3, 0.4) is 0 Å². The molecule has 6 nitrogen and oxygen atoms in total. The summed E-state index contributed by atoms with van der Waals surface area (Å²) in [6.45, 7) is 1.56. The molecule has 1 aromatic carbocycles. The van der Waals surface area contributed by atoms with Crippen molar-refractivity contribution in [2.45, 2.75) is 18.9 Å². The van der Waals surface area contributed by atoms with E-state index in [4.69, 9.17) is 46.6 Å². The summed E-state index contributed by atoms with van der Waals surface area (Å²) < 4.78 is 5.96. The van der Waals surface area contributed by atoms with Crippen molar-refractivity contribution in [2.75, 3.05) is 23.3 Å². The quantitative estimate of drug-likeness (QED) is 0.355. The van der Waals surface area contributed by atoms with Crippen LogP contribution in [0.25, 0.3) is 0 Å². The molecule has 33 heavy (non-hydrogen) atoms. The van der Waals surface area contributed by atoms with Gasteiger partial charge in [0.15, 0.2) is 16.7 Å². The Labute approximate surface area is 208 Å². The minimum atomic E-state index is 0.254. The fourth-order valence-electron chi connectivity index (χ4n) is 3.53. The summed E-state index contributed by atoms with van der Waals surface area (Å²) in [4.78, 5) is 10.7. The highest BCUT2D eigenvalue weighted by Gasteiger charge is 2.24. The number of pyridine rings is 2. The van der Waals surface area contributed by atoms with Gasteiger partial charge in [-0.15, -0.1) is 6.42 Å². The summed E-state index contributed by atoms with van der Waals surface area (Å²) in [7, 11) is 0. The fourth-order valence-corrected chi connectivity index (χ4v) is 4.31. The van der Waals surface area contributed by atoms with Gasteiger partial charge in [0.05, 0.1) is 16.9 Å². The number of anilines is 2. The molecule has 0 atom stereocenters. The third-order valence-electron chi connectivity index (χ3n) is 5.20. The topological polar surface area (TPSA) is 62.3 Å². The Hall–Kier alpha value is -3.05. The second-order valence-corrected chi connectivity index (χ2v) is 8.63. The first-order valence-electron chi connectivity index (χ1n) is 10.3. The summed E-state index contributed by atoms with van der Waals surface area (Å²) in [5.41, 5.74) is 1.54. The van der Waals surface area contributed by atoms with Crippen LogP contribution in [0.15, 0.2) is 55.0 Å². The average Bonchev–Trinajstić information content (AvgIpc) is 2.83. The Bertz CT molecular complexity index is 1180. The van der Waals surface area contributed by atoms with Crippen molar-refractivity contribution in [3.63, 3.8) is 0 Å². The molecule has 1 saturated heterocycles. The first-order chi connectivity index (χ1) is 16.0. The smallest absolute Gasteiger partial charge is 0.171 e. The molecule has 0 aliphatic carbocycles. The Balaban J connectivity index is 1.37. The summed E-state index contributed by atoms with van der Waals surface area (Å²) in [6, 6.07) is 10.9. The van der Waals surface area contributed by atoms with Gasteiger partial charge < -0.3 is 20.3 Å². The number of hydrogen-bond donors (Lipinski definition) is 2. The number of nitrogens with zero attached hydrogens (tertiary/aromatic N) is 3. The van der Waals surface area contributed by atoms with E-state index in [1.165, 1.54) is 0 Å². The van der Waals surface area contributed by atoms with Gasteiger partial charge >= 0.3 is 0 Å². The van der Waals surface area contributed by atoms with Gasteiger partial charge in [-0.3, -0.25) is 4.98 Å². The maximum absolute atomic E-state index is 6.66.